The second kappa shape index (κ2) is 7.69. The third kappa shape index (κ3) is 3.83. The third-order valence-electron chi connectivity index (χ3n) is 4.00. The maximum absolute atomic E-state index is 12.6. The Labute approximate surface area is 149 Å². The molecule has 3 rings (SSSR count). The molecule has 0 radical (unpaired) electrons. The average Bonchev–Trinajstić information content (AvgIpc) is 3.15. The van der Waals surface area contributed by atoms with Crippen LogP contribution in [0.3, 0.4) is 0 Å². The number of ketones is 1. The number of H-pyrrole nitrogens is 1. The summed E-state index contributed by atoms with van der Waals surface area (Å²) < 4.78 is 5.13. The number of hydrogen-bond acceptors (Lipinski definition) is 6. The van der Waals surface area contributed by atoms with Crippen LogP contribution < -0.4 is 0 Å². The summed E-state index contributed by atoms with van der Waals surface area (Å²) in [6.45, 7) is 1.77. The van der Waals surface area contributed by atoms with Crippen molar-refractivity contribution in [3.63, 3.8) is 0 Å². The number of hydrogen-bond donors (Lipinski definition) is 2. The van der Waals surface area contributed by atoms with Crippen molar-refractivity contribution in [2.45, 2.75) is 20.0 Å². The van der Waals surface area contributed by atoms with E-state index < -0.39 is 11.9 Å². The molecule has 1 atom stereocenters. The van der Waals surface area contributed by atoms with Gasteiger partial charge in [0.05, 0.1) is 0 Å². The molecule has 0 fully saturated rings. The van der Waals surface area contributed by atoms with Crippen molar-refractivity contribution in [3.05, 3.63) is 60.2 Å². The van der Waals surface area contributed by atoms with Crippen molar-refractivity contribution in [2.24, 2.45) is 5.92 Å². The molecule has 0 amide bonds. The van der Waals surface area contributed by atoms with E-state index in [2.05, 4.69) is 15.0 Å². The number of aromatic nitrogens is 3. The standard InChI is InChI=1S/C19H18N4O3/c1-12(17(24)16-14-7-8-21-18(14)23-11-22-16)9-15(20)19(25)26-10-13-5-3-2-4-6-13/h2-8,11-12,20H,9-10H2,1H3,(H,21,22,23). The molecule has 0 aliphatic carbocycles. The number of nitrogens with one attached hydrogen (secondary N) is 2. The topological polar surface area (TPSA) is 109 Å². The van der Waals surface area contributed by atoms with Gasteiger partial charge in [0.2, 0.25) is 0 Å². The van der Waals surface area contributed by atoms with Gasteiger partial charge in [0.15, 0.2) is 5.78 Å². The predicted octanol–water partition coefficient (Wildman–Crippen LogP) is 2.93. The van der Waals surface area contributed by atoms with Crippen LogP contribution >= 0.6 is 0 Å². The van der Waals surface area contributed by atoms with Gasteiger partial charge in [-0.1, -0.05) is 37.3 Å². The minimum absolute atomic E-state index is 0.0115. The Morgan fingerprint density at radius 2 is 1.96 bits per heavy atom. The number of rotatable bonds is 7. The van der Waals surface area contributed by atoms with E-state index in [-0.39, 0.29) is 30.2 Å². The summed E-state index contributed by atoms with van der Waals surface area (Å²) in [4.78, 5) is 35.7. The van der Waals surface area contributed by atoms with Crippen molar-refractivity contribution < 1.29 is 14.3 Å². The van der Waals surface area contributed by atoms with Crippen LogP contribution in [-0.2, 0) is 16.1 Å². The predicted molar refractivity (Wildman–Crippen MR) is 96.0 cm³/mol. The molecule has 7 nitrogen and oxygen atoms in total. The molecule has 1 aromatic carbocycles. The van der Waals surface area contributed by atoms with Crippen molar-refractivity contribution >= 4 is 28.5 Å². The maximum atomic E-state index is 12.6. The first-order valence-corrected chi connectivity index (χ1v) is 8.17. The van der Waals surface area contributed by atoms with Crippen LogP contribution in [0.1, 0.15) is 29.4 Å². The van der Waals surface area contributed by atoms with Crippen molar-refractivity contribution in [1.82, 2.24) is 15.0 Å². The van der Waals surface area contributed by atoms with Gasteiger partial charge in [-0.15, -0.1) is 0 Å². The summed E-state index contributed by atoms with van der Waals surface area (Å²) >= 11 is 0. The molecule has 0 bridgehead atoms. The lowest BCUT2D eigenvalue weighted by atomic mass is 9.96. The second-order valence-corrected chi connectivity index (χ2v) is 5.97. The smallest absolute Gasteiger partial charge is 0.352 e. The van der Waals surface area contributed by atoms with E-state index in [4.69, 9.17) is 10.1 Å². The minimum atomic E-state index is -0.719. The van der Waals surface area contributed by atoms with Crippen LogP contribution in [0.4, 0.5) is 0 Å². The van der Waals surface area contributed by atoms with Crippen LogP contribution in [-0.4, -0.2) is 32.4 Å². The number of nitrogens with zero attached hydrogens (tertiary/aromatic N) is 2. The van der Waals surface area contributed by atoms with Crippen LogP contribution in [0.2, 0.25) is 0 Å². The number of carbonyl (C=O) groups is 2. The Bertz CT molecular complexity index is 950. The lowest BCUT2D eigenvalue weighted by Crippen LogP contribution is -2.23. The minimum Gasteiger partial charge on any atom is -0.456 e. The van der Waals surface area contributed by atoms with Crippen molar-refractivity contribution in [1.29, 1.82) is 5.41 Å². The first kappa shape index (κ1) is 17.5. The summed E-state index contributed by atoms with van der Waals surface area (Å²) in [5.41, 5.74) is 1.47. The Morgan fingerprint density at radius 1 is 1.19 bits per heavy atom. The number of ether oxygens (including phenoxy) is 1. The van der Waals surface area contributed by atoms with Gasteiger partial charge in [-0.05, 0) is 11.6 Å². The molecular weight excluding hydrogens is 332 g/mol. The lowest BCUT2D eigenvalue weighted by Gasteiger charge is -2.11. The average molecular weight is 350 g/mol. The molecule has 0 saturated carbocycles. The highest BCUT2D eigenvalue weighted by Gasteiger charge is 2.24. The normalized spacial score (nSPS) is 11.9. The third-order valence-corrected chi connectivity index (χ3v) is 4.00. The number of fused-ring (bicyclic) bond motifs is 1. The van der Waals surface area contributed by atoms with E-state index in [0.717, 1.165) is 5.56 Å². The zero-order chi connectivity index (χ0) is 18.5. The summed E-state index contributed by atoms with van der Waals surface area (Å²) in [5, 5.41) is 8.54. The highest BCUT2D eigenvalue weighted by molar-refractivity contribution is 6.35. The van der Waals surface area contributed by atoms with Gasteiger partial charge in [-0.2, -0.15) is 0 Å². The van der Waals surface area contributed by atoms with Gasteiger partial charge in [0.1, 0.15) is 30.0 Å². The Hall–Kier alpha value is -3.35. The molecule has 7 heteroatoms. The van der Waals surface area contributed by atoms with E-state index in [0.29, 0.717) is 11.0 Å². The van der Waals surface area contributed by atoms with Gasteiger partial charge in [0, 0.05) is 23.9 Å². The molecule has 0 aliphatic rings. The zero-order valence-corrected chi connectivity index (χ0v) is 14.2. The first-order valence-electron chi connectivity index (χ1n) is 8.17. The van der Waals surface area contributed by atoms with E-state index in [1.165, 1.54) is 6.33 Å². The zero-order valence-electron chi connectivity index (χ0n) is 14.2. The van der Waals surface area contributed by atoms with E-state index in [9.17, 15) is 9.59 Å². The first-order chi connectivity index (χ1) is 12.6. The summed E-state index contributed by atoms with van der Waals surface area (Å²) in [6, 6.07) is 11.0. The quantitative estimate of drug-likeness (QED) is 0.387. The molecule has 132 valence electrons. The molecule has 1 unspecified atom stereocenters. The number of benzene rings is 1. The highest BCUT2D eigenvalue weighted by atomic mass is 16.5. The molecule has 2 heterocycles. The Kier molecular flexibility index (Phi) is 5.17. The Balaban J connectivity index is 1.60. The van der Waals surface area contributed by atoms with Gasteiger partial charge in [-0.25, -0.2) is 14.8 Å². The monoisotopic (exact) mass is 350 g/mol. The molecule has 0 saturated heterocycles. The molecule has 2 N–H and O–H groups in total. The summed E-state index contributed by atoms with van der Waals surface area (Å²) in [7, 11) is 0. The highest BCUT2D eigenvalue weighted by Crippen LogP contribution is 2.18. The fourth-order valence-electron chi connectivity index (χ4n) is 2.59. The van der Waals surface area contributed by atoms with Crippen LogP contribution in [0.5, 0.6) is 0 Å². The van der Waals surface area contributed by atoms with E-state index in [1.807, 2.05) is 30.3 Å². The summed E-state index contributed by atoms with van der Waals surface area (Å²) in [6.07, 6.45) is 2.99. The van der Waals surface area contributed by atoms with Crippen molar-refractivity contribution in [3.8, 4) is 0 Å². The van der Waals surface area contributed by atoms with Gasteiger partial charge < -0.3 is 9.72 Å². The van der Waals surface area contributed by atoms with Crippen LogP contribution in [0.25, 0.3) is 11.0 Å². The largest absolute Gasteiger partial charge is 0.456 e. The lowest BCUT2D eigenvalue weighted by molar-refractivity contribution is -0.137. The van der Waals surface area contributed by atoms with Gasteiger partial charge in [0.25, 0.3) is 0 Å². The van der Waals surface area contributed by atoms with Crippen LogP contribution in [0, 0.1) is 11.3 Å². The number of carbonyl (C=O) groups excluding carboxylic acids is 2. The van der Waals surface area contributed by atoms with Crippen LogP contribution in [0.15, 0.2) is 48.9 Å². The number of aromatic amines is 1. The second-order valence-electron chi connectivity index (χ2n) is 5.97. The molecule has 26 heavy (non-hydrogen) atoms. The fourth-order valence-corrected chi connectivity index (χ4v) is 2.59. The fraction of sp³-hybridized carbons (Fsp3) is 0.211. The van der Waals surface area contributed by atoms with Gasteiger partial charge in [-0.3, -0.25) is 10.2 Å². The number of esters is 1. The SMILES string of the molecule is CC(CC(=N)C(=O)OCc1ccccc1)C(=O)c1ncnc2[nH]ccc12. The Morgan fingerprint density at radius 3 is 2.73 bits per heavy atom. The maximum Gasteiger partial charge on any atom is 0.352 e. The van der Waals surface area contributed by atoms with E-state index in [1.54, 1.807) is 19.2 Å². The molecule has 2 aromatic heterocycles. The number of Topliss-reactive ketones (excluding diaryl/α,β-unsaturated/α-hetero) is 1. The van der Waals surface area contributed by atoms with Gasteiger partial charge >= 0.3 is 5.97 Å². The molecule has 3 aromatic rings. The molecule has 0 spiro atoms. The summed E-state index contributed by atoms with van der Waals surface area (Å²) in [5.74, 6) is -1.53. The molecule has 0 aliphatic heterocycles. The van der Waals surface area contributed by atoms with Crippen molar-refractivity contribution in [2.75, 3.05) is 0 Å². The molecular formula is C19H18N4O3. The van der Waals surface area contributed by atoms with E-state index >= 15 is 0 Å².